The number of hydrogen-bond acceptors (Lipinski definition) is 6. The number of halogens is 2. The van der Waals surface area contributed by atoms with E-state index in [2.05, 4.69) is 0 Å². The smallest absolute Gasteiger partial charge is 0.257 e. The minimum absolute atomic E-state index is 0.133. The van der Waals surface area contributed by atoms with Gasteiger partial charge in [-0.25, -0.2) is 0 Å². The van der Waals surface area contributed by atoms with E-state index in [9.17, 15) is 29.5 Å². The second kappa shape index (κ2) is 7.06. The van der Waals surface area contributed by atoms with Crippen molar-refractivity contribution in [3.8, 4) is 5.75 Å². The minimum Gasteiger partial charge on any atom is -0.508 e. The summed E-state index contributed by atoms with van der Waals surface area (Å²) in [6, 6.07) is 10.5. The summed E-state index contributed by atoms with van der Waals surface area (Å²) in [6.45, 7) is 0. The lowest BCUT2D eigenvalue weighted by Gasteiger charge is -2.51. The van der Waals surface area contributed by atoms with Crippen LogP contribution in [-0.2, 0) is 19.2 Å². The Morgan fingerprint density at radius 3 is 2.43 bits per heavy atom. The van der Waals surface area contributed by atoms with Crippen molar-refractivity contribution in [2.45, 2.75) is 28.5 Å². The number of hydrogen-bond donors (Lipinski definition) is 2. The average molecular weight is 515 g/mol. The number of nitrogens with zero attached hydrogens (tertiary/aromatic N) is 2. The molecule has 10 heteroatoms. The number of carbonyl (C=O) groups excluding carboxylic acids is 4. The van der Waals surface area contributed by atoms with Crippen molar-refractivity contribution in [2.75, 3.05) is 7.05 Å². The summed E-state index contributed by atoms with van der Waals surface area (Å²) in [5.74, 6) is -6.61. The molecule has 0 aromatic heterocycles. The third kappa shape index (κ3) is 2.52. The summed E-state index contributed by atoms with van der Waals surface area (Å²) < 4.78 is 0. The Labute approximate surface area is 209 Å². The van der Waals surface area contributed by atoms with Crippen LogP contribution in [-0.4, -0.2) is 60.7 Å². The second-order valence-corrected chi connectivity index (χ2v) is 10.9. The SMILES string of the molecule is CN1C(=O)C2(Cl)CC3C(=CCC4C(=O)N(O)C(=O)C43)C(c3c(O)ccc4ccccc34)C2(Cl)C1=O. The molecule has 6 atom stereocenters. The van der Waals surface area contributed by atoms with Gasteiger partial charge in [0.2, 0.25) is 0 Å². The van der Waals surface area contributed by atoms with E-state index in [4.69, 9.17) is 23.2 Å². The minimum atomic E-state index is -1.98. The zero-order chi connectivity index (χ0) is 25.0. The van der Waals surface area contributed by atoms with Crippen LogP contribution in [0, 0.1) is 17.8 Å². The van der Waals surface area contributed by atoms with Crippen molar-refractivity contribution in [1.29, 1.82) is 0 Å². The molecule has 2 aliphatic heterocycles. The van der Waals surface area contributed by atoms with Gasteiger partial charge in [0.15, 0.2) is 9.75 Å². The van der Waals surface area contributed by atoms with Gasteiger partial charge in [0.25, 0.3) is 23.6 Å². The zero-order valence-electron chi connectivity index (χ0n) is 18.4. The Kier molecular flexibility index (Phi) is 4.54. The Morgan fingerprint density at radius 1 is 0.971 bits per heavy atom. The van der Waals surface area contributed by atoms with Gasteiger partial charge >= 0.3 is 0 Å². The van der Waals surface area contributed by atoms with Crippen molar-refractivity contribution in [1.82, 2.24) is 9.96 Å². The fraction of sp³-hybridized carbons (Fsp3) is 0.360. The molecule has 2 aromatic rings. The van der Waals surface area contributed by atoms with Gasteiger partial charge in [-0.3, -0.25) is 29.3 Å². The van der Waals surface area contributed by atoms with Gasteiger partial charge in [-0.15, -0.1) is 23.2 Å². The summed E-state index contributed by atoms with van der Waals surface area (Å²) in [5.41, 5.74) is 0.878. The maximum absolute atomic E-state index is 13.6. The molecule has 6 unspecified atom stereocenters. The fourth-order valence-electron chi connectivity index (χ4n) is 6.63. The first kappa shape index (κ1) is 22.5. The third-order valence-electron chi connectivity index (χ3n) is 8.23. The molecular weight excluding hydrogens is 495 g/mol. The number of alkyl halides is 2. The van der Waals surface area contributed by atoms with Crippen molar-refractivity contribution in [2.24, 2.45) is 17.8 Å². The predicted molar refractivity (Wildman–Crippen MR) is 125 cm³/mol. The molecule has 2 aliphatic carbocycles. The number of allylic oxidation sites excluding steroid dienone is 2. The van der Waals surface area contributed by atoms with Gasteiger partial charge in [0.05, 0.1) is 11.8 Å². The van der Waals surface area contributed by atoms with E-state index in [-0.39, 0.29) is 23.7 Å². The maximum atomic E-state index is 13.6. The van der Waals surface area contributed by atoms with Gasteiger partial charge in [0.1, 0.15) is 5.75 Å². The number of benzene rings is 2. The molecule has 4 amide bonds. The van der Waals surface area contributed by atoms with Crippen LogP contribution < -0.4 is 0 Å². The van der Waals surface area contributed by atoms with E-state index >= 15 is 0 Å². The molecule has 0 spiro atoms. The Hall–Kier alpha value is -2.94. The molecule has 2 saturated heterocycles. The number of phenolic OH excluding ortho intramolecular Hbond substituents is 1. The van der Waals surface area contributed by atoms with Crippen LogP contribution in [0.4, 0.5) is 0 Å². The second-order valence-electron chi connectivity index (χ2n) is 9.71. The van der Waals surface area contributed by atoms with Gasteiger partial charge in [-0.2, -0.15) is 5.06 Å². The molecule has 0 radical (unpaired) electrons. The maximum Gasteiger partial charge on any atom is 0.257 e. The van der Waals surface area contributed by atoms with Crippen LogP contribution in [0.2, 0.25) is 0 Å². The van der Waals surface area contributed by atoms with Crippen molar-refractivity contribution in [3.63, 3.8) is 0 Å². The standard InChI is InChI=1S/C25H20Cl2N2O6/c1-28-22(33)24(26)10-15-13(7-8-14-17(15)21(32)29(35)20(14)31)19(25(24,27)23(28)34)18-12-5-3-2-4-11(12)6-9-16(18)30/h2-7,9,14-15,17,19,30,35H,8,10H2,1H3. The quantitative estimate of drug-likeness (QED) is 0.261. The first-order valence-electron chi connectivity index (χ1n) is 11.2. The van der Waals surface area contributed by atoms with Crippen LogP contribution in [0.25, 0.3) is 10.8 Å². The van der Waals surface area contributed by atoms with Crippen LogP contribution in [0.1, 0.15) is 24.3 Å². The highest BCUT2D eigenvalue weighted by atomic mass is 35.5. The highest BCUT2D eigenvalue weighted by Gasteiger charge is 2.76. The molecule has 6 rings (SSSR count). The molecule has 4 aliphatic rings. The molecule has 2 aromatic carbocycles. The van der Waals surface area contributed by atoms with Crippen LogP contribution in [0.3, 0.4) is 0 Å². The van der Waals surface area contributed by atoms with Gasteiger partial charge < -0.3 is 5.11 Å². The van der Waals surface area contributed by atoms with E-state index in [1.54, 1.807) is 24.3 Å². The summed E-state index contributed by atoms with van der Waals surface area (Å²) in [4.78, 5) is 49.4. The number of phenols is 1. The Morgan fingerprint density at radius 2 is 1.69 bits per heavy atom. The molecular formula is C25H20Cl2N2O6. The van der Waals surface area contributed by atoms with E-state index in [1.165, 1.54) is 13.1 Å². The zero-order valence-corrected chi connectivity index (χ0v) is 20.0. The number of carbonyl (C=O) groups is 4. The van der Waals surface area contributed by atoms with Crippen molar-refractivity contribution < 1.29 is 29.5 Å². The number of imide groups is 2. The topological polar surface area (TPSA) is 115 Å². The van der Waals surface area contributed by atoms with Crippen molar-refractivity contribution in [3.05, 3.63) is 53.6 Å². The lowest BCUT2D eigenvalue weighted by Crippen LogP contribution is -2.60. The van der Waals surface area contributed by atoms with E-state index in [0.29, 0.717) is 16.5 Å². The lowest BCUT2D eigenvalue weighted by molar-refractivity contribution is -0.173. The van der Waals surface area contributed by atoms with Crippen molar-refractivity contribution >= 4 is 57.6 Å². The van der Waals surface area contributed by atoms with E-state index in [0.717, 1.165) is 10.3 Å². The van der Waals surface area contributed by atoms with Crippen LogP contribution >= 0.6 is 23.2 Å². The monoisotopic (exact) mass is 514 g/mol. The molecule has 35 heavy (non-hydrogen) atoms. The van der Waals surface area contributed by atoms with Crippen LogP contribution in [0.5, 0.6) is 5.75 Å². The summed E-state index contributed by atoms with van der Waals surface area (Å²) in [6.07, 6.45) is 1.72. The first-order valence-corrected chi connectivity index (χ1v) is 12.0. The predicted octanol–water partition coefficient (Wildman–Crippen LogP) is 2.92. The number of rotatable bonds is 1. The molecule has 2 heterocycles. The van der Waals surface area contributed by atoms with Gasteiger partial charge in [0, 0.05) is 18.5 Å². The summed E-state index contributed by atoms with van der Waals surface area (Å²) in [7, 11) is 1.30. The first-order chi connectivity index (χ1) is 16.5. The molecule has 180 valence electrons. The van der Waals surface area contributed by atoms with Crippen LogP contribution in [0.15, 0.2) is 48.0 Å². The highest BCUT2D eigenvalue weighted by Crippen LogP contribution is 2.66. The van der Waals surface area contributed by atoms with Gasteiger partial charge in [-0.1, -0.05) is 42.0 Å². The van der Waals surface area contributed by atoms with E-state index in [1.807, 2.05) is 12.1 Å². The Bertz CT molecular complexity index is 1410. The lowest BCUT2D eigenvalue weighted by atomic mass is 9.56. The number of hydroxylamine groups is 2. The summed E-state index contributed by atoms with van der Waals surface area (Å²) >= 11 is 14.2. The molecule has 3 fully saturated rings. The summed E-state index contributed by atoms with van der Waals surface area (Å²) in [5, 5.41) is 22.7. The molecule has 8 nitrogen and oxygen atoms in total. The molecule has 0 bridgehead atoms. The third-order valence-corrected chi connectivity index (χ3v) is 9.64. The molecule has 1 saturated carbocycles. The number of likely N-dealkylation sites (tertiary alicyclic amines) is 1. The Balaban J connectivity index is 1.67. The van der Waals surface area contributed by atoms with Gasteiger partial charge in [-0.05, 0) is 35.6 Å². The number of aromatic hydroxyl groups is 1. The number of fused-ring (bicyclic) bond motifs is 5. The fourth-order valence-corrected chi connectivity index (χ4v) is 7.63. The number of amides is 4. The largest absolute Gasteiger partial charge is 0.508 e. The van der Waals surface area contributed by atoms with E-state index < -0.39 is 57.0 Å². The average Bonchev–Trinajstić information content (AvgIpc) is 3.14. The molecule has 2 N–H and O–H groups in total. The highest BCUT2D eigenvalue weighted by molar-refractivity contribution is 6.53. The normalized spacial score (nSPS) is 36.4.